The molecule has 0 saturated carbocycles. The van der Waals surface area contributed by atoms with Gasteiger partial charge in [0, 0.05) is 35.1 Å². The first-order chi connectivity index (χ1) is 13.1. The lowest BCUT2D eigenvalue weighted by Gasteiger charge is -2.26. The summed E-state index contributed by atoms with van der Waals surface area (Å²) in [6.45, 7) is 5.18. The summed E-state index contributed by atoms with van der Waals surface area (Å²) in [7, 11) is -1.07. The van der Waals surface area contributed by atoms with E-state index in [1.54, 1.807) is 31.3 Å². The summed E-state index contributed by atoms with van der Waals surface area (Å²) < 4.78 is 33.2. The van der Waals surface area contributed by atoms with Gasteiger partial charge in [0.25, 0.3) is 0 Å². The Kier molecular flexibility index (Phi) is 4.93. The lowest BCUT2D eigenvalue weighted by Crippen LogP contribution is -2.49. The van der Waals surface area contributed by atoms with Crippen molar-refractivity contribution >= 4 is 21.7 Å². The lowest BCUT2D eigenvalue weighted by molar-refractivity contribution is 0.474. The Labute approximate surface area is 160 Å². The lowest BCUT2D eigenvalue weighted by atomic mass is 10.1. The highest BCUT2D eigenvalue weighted by Crippen LogP contribution is 2.33. The number of hydrogen-bond donors (Lipinski definition) is 1. The Hall–Kier alpha value is -2.31. The molecule has 2 aromatic carbocycles. The van der Waals surface area contributed by atoms with Gasteiger partial charge in [-0.2, -0.15) is 0 Å². The number of halogens is 1. The number of nitrogens with zero attached hydrogens (tertiary/aromatic N) is 1. The van der Waals surface area contributed by atoms with Gasteiger partial charge in [0.15, 0.2) is 0 Å². The maximum Gasteiger partial charge on any atom is 0.138 e. The van der Waals surface area contributed by atoms with Gasteiger partial charge in [-0.15, -0.1) is 0 Å². The molecule has 1 saturated heterocycles. The molecule has 0 spiro atoms. The molecule has 1 N–H and O–H groups in total. The molecule has 0 bridgehead atoms. The molecule has 140 valence electrons. The third-order valence-electron chi connectivity index (χ3n) is 4.97. The van der Waals surface area contributed by atoms with Gasteiger partial charge in [-0.25, -0.2) is 4.39 Å². The third-order valence-corrected chi connectivity index (χ3v) is 6.63. The van der Waals surface area contributed by atoms with E-state index >= 15 is 0 Å². The predicted octanol–water partition coefficient (Wildman–Crippen LogP) is 4.12. The molecule has 1 atom stereocenters. The smallest absolute Gasteiger partial charge is 0.138 e. The average molecular weight is 384 g/mol. The van der Waals surface area contributed by atoms with Gasteiger partial charge in [-0.3, -0.25) is 9.19 Å². The SMILES string of the molecule is CCc1ccc(Oc2ccnc3ccc(S(=O)C4CNC4)cc23)c(C)c1F. The summed E-state index contributed by atoms with van der Waals surface area (Å²) in [5.74, 6) is 0.830. The second kappa shape index (κ2) is 7.37. The van der Waals surface area contributed by atoms with Crippen molar-refractivity contribution in [2.45, 2.75) is 30.4 Å². The first kappa shape index (κ1) is 18.1. The average Bonchev–Trinajstić information content (AvgIpc) is 2.64. The topological polar surface area (TPSA) is 51.2 Å². The van der Waals surface area contributed by atoms with Crippen LogP contribution in [-0.2, 0) is 17.2 Å². The van der Waals surface area contributed by atoms with Crippen molar-refractivity contribution in [1.29, 1.82) is 0 Å². The van der Waals surface area contributed by atoms with Gasteiger partial charge in [0.2, 0.25) is 0 Å². The van der Waals surface area contributed by atoms with Crippen LogP contribution < -0.4 is 10.1 Å². The van der Waals surface area contributed by atoms with E-state index in [9.17, 15) is 8.60 Å². The zero-order valence-electron chi connectivity index (χ0n) is 15.3. The number of aryl methyl sites for hydroxylation is 1. The molecule has 4 nitrogen and oxygen atoms in total. The van der Waals surface area contributed by atoms with E-state index < -0.39 is 10.8 Å². The minimum atomic E-state index is -1.07. The van der Waals surface area contributed by atoms with Crippen molar-refractivity contribution in [3.05, 3.63) is 59.5 Å². The Bertz CT molecular complexity index is 1030. The van der Waals surface area contributed by atoms with Crippen molar-refractivity contribution < 1.29 is 13.3 Å². The van der Waals surface area contributed by atoms with Crippen molar-refractivity contribution in [3.63, 3.8) is 0 Å². The number of nitrogens with one attached hydrogen (secondary N) is 1. The molecule has 1 aliphatic rings. The van der Waals surface area contributed by atoms with E-state index in [0.717, 1.165) is 28.9 Å². The van der Waals surface area contributed by atoms with Crippen LogP contribution in [0.5, 0.6) is 11.5 Å². The Morgan fingerprint density at radius 1 is 1.22 bits per heavy atom. The molecule has 27 heavy (non-hydrogen) atoms. The minimum Gasteiger partial charge on any atom is -0.456 e. The molecule has 6 heteroatoms. The summed E-state index contributed by atoms with van der Waals surface area (Å²) in [5.41, 5.74) is 1.91. The molecule has 1 aliphatic heterocycles. The molecule has 0 amide bonds. The Morgan fingerprint density at radius 2 is 2.04 bits per heavy atom. The largest absolute Gasteiger partial charge is 0.456 e. The standard InChI is InChI=1S/C21H21FN2O2S/c1-3-14-4-7-19(13(2)21(14)22)26-20-8-9-24-18-6-5-15(10-17(18)20)27(25)16-11-23-12-16/h4-10,16,23H,3,11-12H2,1-2H3. The van der Waals surface area contributed by atoms with Crippen LogP contribution in [0, 0.1) is 12.7 Å². The predicted molar refractivity (Wildman–Crippen MR) is 105 cm³/mol. The fourth-order valence-electron chi connectivity index (χ4n) is 3.15. The summed E-state index contributed by atoms with van der Waals surface area (Å²) in [6, 6.07) is 10.9. The van der Waals surface area contributed by atoms with Gasteiger partial charge in [-0.1, -0.05) is 13.0 Å². The number of aromatic nitrogens is 1. The van der Waals surface area contributed by atoms with E-state index in [-0.39, 0.29) is 11.1 Å². The van der Waals surface area contributed by atoms with E-state index in [2.05, 4.69) is 10.3 Å². The summed E-state index contributed by atoms with van der Waals surface area (Å²) in [5, 5.41) is 4.06. The van der Waals surface area contributed by atoms with E-state index in [1.807, 2.05) is 25.1 Å². The number of ether oxygens (including phenoxy) is 1. The molecule has 0 aliphatic carbocycles. The number of benzene rings is 2. The van der Waals surface area contributed by atoms with Crippen molar-refractivity contribution in [2.75, 3.05) is 13.1 Å². The Balaban J connectivity index is 1.73. The van der Waals surface area contributed by atoms with E-state index in [1.165, 1.54) is 0 Å². The third kappa shape index (κ3) is 3.35. The highest BCUT2D eigenvalue weighted by atomic mass is 32.2. The maximum atomic E-state index is 14.4. The molecule has 1 fully saturated rings. The van der Waals surface area contributed by atoms with E-state index in [4.69, 9.17) is 4.74 Å². The first-order valence-corrected chi connectivity index (χ1v) is 10.3. The van der Waals surface area contributed by atoms with Gasteiger partial charge < -0.3 is 10.1 Å². The van der Waals surface area contributed by atoms with Crippen LogP contribution in [0.4, 0.5) is 4.39 Å². The quantitative estimate of drug-likeness (QED) is 0.719. The fourth-order valence-corrected chi connectivity index (χ4v) is 4.51. The minimum absolute atomic E-state index is 0.140. The van der Waals surface area contributed by atoms with Crippen LogP contribution in [0.3, 0.4) is 0 Å². The van der Waals surface area contributed by atoms with Crippen LogP contribution in [0.2, 0.25) is 0 Å². The van der Waals surface area contributed by atoms with Gasteiger partial charge in [0.1, 0.15) is 17.3 Å². The molecule has 3 aromatic rings. The number of fused-ring (bicyclic) bond motifs is 1. The fraction of sp³-hybridized carbons (Fsp3) is 0.286. The summed E-state index contributed by atoms with van der Waals surface area (Å²) >= 11 is 0. The van der Waals surface area contributed by atoms with Crippen LogP contribution in [-0.4, -0.2) is 27.5 Å². The normalized spacial score (nSPS) is 15.5. The number of pyridine rings is 1. The highest BCUT2D eigenvalue weighted by Gasteiger charge is 2.25. The monoisotopic (exact) mass is 384 g/mol. The molecular formula is C21H21FN2O2S. The molecule has 4 rings (SSSR count). The van der Waals surface area contributed by atoms with Gasteiger partial charge in [-0.05, 0) is 49.2 Å². The maximum absolute atomic E-state index is 14.4. The Morgan fingerprint density at radius 3 is 2.74 bits per heavy atom. The number of hydrogen-bond acceptors (Lipinski definition) is 4. The molecule has 2 heterocycles. The molecule has 1 aromatic heterocycles. The van der Waals surface area contributed by atoms with Crippen molar-refractivity contribution in [3.8, 4) is 11.5 Å². The van der Waals surface area contributed by atoms with Gasteiger partial charge >= 0.3 is 0 Å². The number of rotatable bonds is 5. The zero-order chi connectivity index (χ0) is 19.0. The van der Waals surface area contributed by atoms with Crippen LogP contribution in [0.1, 0.15) is 18.1 Å². The first-order valence-electron chi connectivity index (χ1n) is 9.04. The second-order valence-electron chi connectivity index (χ2n) is 6.68. The van der Waals surface area contributed by atoms with E-state index in [0.29, 0.717) is 29.0 Å². The van der Waals surface area contributed by atoms with Crippen molar-refractivity contribution in [2.24, 2.45) is 0 Å². The van der Waals surface area contributed by atoms with Crippen LogP contribution in [0.25, 0.3) is 10.9 Å². The molecular weight excluding hydrogens is 363 g/mol. The van der Waals surface area contributed by atoms with Crippen molar-refractivity contribution in [1.82, 2.24) is 10.3 Å². The molecule has 0 radical (unpaired) electrons. The van der Waals surface area contributed by atoms with Crippen LogP contribution >= 0.6 is 0 Å². The second-order valence-corrected chi connectivity index (χ2v) is 8.42. The molecule has 1 unspecified atom stereocenters. The van der Waals surface area contributed by atoms with Gasteiger partial charge in [0.05, 0.1) is 21.6 Å². The van der Waals surface area contributed by atoms with Crippen LogP contribution in [0.15, 0.2) is 47.5 Å². The highest BCUT2D eigenvalue weighted by molar-refractivity contribution is 7.85. The zero-order valence-corrected chi connectivity index (χ0v) is 16.1. The summed E-state index contributed by atoms with van der Waals surface area (Å²) in [6.07, 6.45) is 2.30. The summed E-state index contributed by atoms with van der Waals surface area (Å²) in [4.78, 5) is 5.13.